The van der Waals surface area contributed by atoms with E-state index < -0.39 is 5.97 Å². The van der Waals surface area contributed by atoms with Crippen LogP contribution in [0.4, 0.5) is 0 Å². The van der Waals surface area contributed by atoms with Gasteiger partial charge >= 0.3 is 5.97 Å². The van der Waals surface area contributed by atoms with Gasteiger partial charge in [0.25, 0.3) is 0 Å². The maximum Gasteiger partial charge on any atom is 0.306 e. The van der Waals surface area contributed by atoms with Crippen molar-refractivity contribution in [3.8, 4) is 0 Å². The first-order chi connectivity index (χ1) is 4.77. The van der Waals surface area contributed by atoms with Gasteiger partial charge in [0, 0.05) is 0 Å². The molecule has 2 aliphatic carbocycles. The summed E-state index contributed by atoms with van der Waals surface area (Å²) in [6.07, 6.45) is 4.60. The third kappa shape index (κ3) is 0.746. The molecule has 2 aliphatic rings. The molecule has 0 aromatic heterocycles. The first-order valence-corrected chi connectivity index (χ1v) is 4.00. The lowest BCUT2D eigenvalue weighted by Gasteiger charge is -2.16. The Balaban J connectivity index is 2.08. The van der Waals surface area contributed by atoms with Crippen LogP contribution in [0.1, 0.15) is 25.7 Å². The molecule has 2 rings (SSSR count). The lowest BCUT2D eigenvalue weighted by molar-refractivity contribution is -0.143. The predicted octanol–water partition coefficient (Wildman–Crippen LogP) is 1.51. The zero-order chi connectivity index (χ0) is 7.14. The average molecular weight is 140 g/mol. The van der Waals surface area contributed by atoms with E-state index in [1.54, 1.807) is 0 Å². The fourth-order valence-corrected chi connectivity index (χ4v) is 2.55. The van der Waals surface area contributed by atoms with Crippen molar-refractivity contribution < 1.29 is 9.90 Å². The highest BCUT2D eigenvalue weighted by Crippen LogP contribution is 2.48. The van der Waals surface area contributed by atoms with Crippen LogP contribution in [-0.2, 0) is 4.79 Å². The highest BCUT2D eigenvalue weighted by Gasteiger charge is 2.42. The van der Waals surface area contributed by atoms with Crippen molar-refractivity contribution in [2.75, 3.05) is 0 Å². The maximum atomic E-state index is 10.6. The largest absolute Gasteiger partial charge is 0.481 e. The summed E-state index contributed by atoms with van der Waals surface area (Å²) in [7, 11) is 0. The van der Waals surface area contributed by atoms with Crippen molar-refractivity contribution in [1.82, 2.24) is 0 Å². The van der Waals surface area contributed by atoms with Crippen LogP contribution in [0.3, 0.4) is 0 Å². The molecule has 0 aliphatic heterocycles. The van der Waals surface area contributed by atoms with Crippen LogP contribution in [0.5, 0.6) is 0 Å². The van der Waals surface area contributed by atoms with E-state index in [0.717, 1.165) is 12.3 Å². The molecule has 56 valence electrons. The van der Waals surface area contributed by atoms with E-state index in [0.29, 0.717) is 5.92 Å². The van der Waals surface area contributed by atoms with E-state index in [9.17, 15) is 4.79 Å². The van der Waals surface area contributed by atoms with Crippen LogP contribution in [-0.4, -0.2) is 11.1 Å². The van der Waals surface area contributed by atoms with Gasteiger partial charge in [0.05, 0.1) is 5.92 Å². The molecule has 0 spiro atoms. The van der Waals surface area contributed by atoms with Crippen LogP contribution in [0.2, 0.25) is 0 Å². The summed E-state index contributed by atoms with van der Waals surface area (Å²) in [4.78, 5) is 10.6. The van der Waals surface area contributed by atoms with Crippen molar-refractivity contribution >= 4 is 5.97 Å². The Labute approximate surface area is 60.2 Å². The number of fused-ring (bicyclic) bond motifs is 2. The zero-order valence-electron chi connectivity index (χ0n) is 5.92. The number of carboxylic acid groups (broad SMARTS) is 1. The Bertz CT molecular complexity index is 165. The van der Waals surface area contributed by atoms with E-state index >= 15 is 0 Å². The van der Waals surface area contributed by atoms with Crippen LogP contribution in [0.15, 0.2) is 0 Å². The standard InChI is InChI=1S/C8H12O2/c9-8(10)7-4-5-1-2-6(7)3-5/h5-7H,1-4H2,(H,9,10)/t5-,6?,7?/m0/s1. The van der Waals surface area contributed by atoms with E-state index in [4.69, 9.17) is 5.11 Å². The van der Waals surface area contributed by atoms with Crippen molar-refractivity contribution in [3.63, 3.8) is 0 Å². The second kappa shape index (κ2) is 1.97. The summed E-state index contributed by atoms with van der Waals surface area (Å²) in [5.74, 6) is 0.736. The summed E-state index contributed by atoms with van der Waals surface area (Å²) >= 11 is 0. The van der Waals surface area contributed by atoms with Gasteiger partial charge in [-0.3, -0.25) is 4.79 Å². The number of carboxylic acids is 1. The molecule has 0 saturated heterocycles. The molecular formula is C8H12O2. The second-order valence-electron chi connectivity index (χ2n) is 3.62. The lowest BCUT2D eigenvalue weighted by Crippen LogP contribution is -2.19. The lowest BCUT2D eigenvalue weighted by atomic mass is 9.89. The molecule has 0 aromatic carbocycles. The molecule has 2 bridgehead atoms. The minimum absolute atomic E-state index is 0.0127. The predicted molar refractivity (Wildman–Crippen MR) is 36.6 cm³/mol. The number of carbonyl (C=O) groups is 1. The molecule has 2 heteroatoms. The molecule has 2 nitrogen and oxygen atoms in total. The minimum Gasteiger partial charge on any atom is -0.481 e. The molecule has 1 N–H and O–H groups in total. The highest BCUT2D eigenvalue weighted by atomic mass is 16.4. The molecule has 2 saturated carbocycles. The van der Waals surface area contributed by atoms with Crippen LogP contribution < -0.4 is 0 Å². The molecule has 10 heavy (non-hydrogen) atoms. The quantitative estimate of drug-likeness (QED) is 0.599. The second-order valence-corrected chi connectivity index (χ2v) is 3.62. The third-order valence-electron chi connectivity index (χ3n) is 3.06. The summed E-state index contributed by atoms with van der Waals surface area (Å²) in [6.45, 7) is 0. The van der Waals surface area contributed by atoms with Crippen molar-refractivity contribution in [1.29, 1.82) is 0 Å². The van der Waals surface area contributed by atoms with Gasteiger partial charge < -0.3 is 5.11 Å². The van der Waals surface area contributed by atoms with Gasteiger partial charge in [-0.1, -0.05) is 6.42 Å². The first kappa shape index (κ1) is 6.20. The molecule has 0 heterocycles. The van der Waals surface area contributed by atoms with Gasteiger partial charge in [-0.2, -0.15) is 0 Å². The van der Waals surface area contributed by atoms with E-state index in [2.05, 4.69) is 0 Å². The van der Waals surface area contributed by atoms with Gasteiger partial charge in [0.1, 0.15) is 0 Å². The highest BCUT2D eigenvalue weighted by molar-refractivity contribution is 5.71. The number of rotatable bonds is 1. The third-order valence-corrected chi connectivity index (χ3v) is 3.06. The molecular weight excluding hydrogens is 128 g/mol. The molecule has 3 atom stereocenters. The fraction of sp³-hybridized carbons (Fsp3) is 0.875. The molecule has 2 unspecified atom stereocenters. The van der Waals surface area contributed by atoms with Gasteiger partial charge in [-0.05, 0) is 31.1 Å². The van der Waals surface area contributed by atoms with E-state index in [-0.39, 0.29) is 5.92 Å². The normalized spacial score (nSPS) is 44.2. The average Bonchev–Trinajstić information content (AvgIpc) is 2.44. The summed E-state index contributed by atoms with van der Waals surface area (Å²) < 4.78 is 0. The van der Waals surface area contributed by atoms with Crippen molar-refractivity contribution in [2.45, 2.75) is 25.7 Å². The van der Waals surface area contributed by atoms with Crippen molar-refractivity contribution in [3.05, 3.63) is 0 Å². The van der Waals surface area contributed by atoms with Crippen LogP contribution in [0.25, 0.3) is 0 Å². The minimum atomic E-state index is -0.563. The maximum absolute atomic E-state index is 10.6. The number of hydrogen-bond acceptors (Lipinski definition) is 1. The summed E-state index contributed by atoms with van der Waals surface area (Å²) in [5.41, 5.74) is 0. The Morgan fingerprint density at radius 1 is 1.30 bits per heavy atom. The van der Waals surface area contributed by atoms with Crippen LogP contribution >= 0.6 is 0 Å². The molecule has 0 amide bonds. The topological polar surface area (TPSA) is 37.3 Å². The van der Waals surface area contributed by atoms with Gasteiger partial charge in [0.15, 0.2) is 0 Å². The Morgan fingerprint density at radius 2 is 2.10 bits per heavy atom. The zero-order valence-corrected chi connectivity index (χ0v) is 5.92. The molecule has 2 fully saturated rings. The van der Waals surface area contributed by atoms with E-state index in [1.165, 1.54) is 19.3 Å². The SMILES string of the molecule is O=C(O)C1C[C@H]2CCC1C2. The summed E-state index contributed by atoms with van der Waals surface area (Å²) in [6, 6.07) is 0. The molecule has 0 aromatic rings. The Kier molecular flexibility index (Phi) is 1.22. The van der Waals surface area contributed by atoms with Gasteiger partial charge in [-0.15, -0.1) is 0 Å². The van der Waals surface area contributed by atoms with Crippen LogP contribution in [0, 0.1) is 17.8 Å². The number of hydrogen-bond donors (Lipinski definition) is 1. The number of aliphatic carboxylic acids is 1. The monoisotopic (exact) mass is 140 g/mol. The van der Waals surface area contributed by atoms with Crippen molar-refractivity contribution in [2.24, 2.45) is 17.8 Å². The fourth-order valence-electron chi connectivity index (χ4n) is 2.55. The Hall–Kier alpha value is -0.530. The first-order valence-electron chi connectivity index (χ1n) is 4.00. The Morgan fingerprint density at radius 3 is 2.40 bits per heavy atom. The van der Waals surface area contributed by atoms with Gasteiger partial charge in [-0.25, -0.2) is 0 Å². The molecule has 0 radical (unpaired) electrons. The van der Waals surface area contributed by atoms with E-state index in [1.807, 2.05) is 0 Å². The smallest absolute Gasteiger partial charge is 0.306 e. The van der Waals surface area contributed by atoms with Gasteiger partial charge in [0.2, 0.25) is 0 Å². The summed E-state index contributed by atoms with van der Waals surface area (Å²) in [5, 5.41) is 8.74.